The van der Waals surface area contributed by atoms with Crippen molar-refractivity contribution in [1.29, 1.82) is 0 Å². The zero-order valence-electron chi connectivity index (χ0n) is 15.1. The topological polar surface area (TPSA) is 62.3 Å². The number of piperidine rings is 1. The first-order valence-corrected chi connectivity index (χ1v) is 9.76. The predicted molar refractivity (Wildman–Crippen MR) is 102 cm³/mol. The van der Waals surface area contributed by atoms with E-state index in [1.54, 1.807) is 0 Å². The molecule has 0 atom stereocenters. The summed E-state index contributed by atoms with van der Waals surface area (Å²) in [7, 11) is 0. The van der Waals surface area contributed by atoms with Crippen LogP contribution in [0.5, 0.6) is 0 Å². The maximum Gasteiger partial charge on any atom is 0.229 e. The molecule has 0 aliphatic carbocycles. The minimum atomic E-state index is -0.0412. The van der Waals surface area contributed by atoms with Crippen LogP contribution in [0, 0.1) is 19.8 Å². The lowest BCUT2D eigenvalue weighted by atomic mass is 9.96. The van der Waals surface area contributed by atoms with Gasteiger partial charge >= 0.3 is 0 Å². The van der Waals surface area contributed by atoms with Crippen LogP contribution in [-0.2, 0) is 9.59 Å². The molecule has 134 valence electrons. The van der Waals surface area contributed by atoms with E-state index in [1.165, 1.54) is 16.9 Å². The van der Waals surface area contributed by atoms with Crippen LogP contribution < -0.4 is 5.32 Å². The fourth-order valence-corrected chi connectivity index (χ4v) is 4.44. The first-order chi connectivity index (χ1) is 12.0. The lowest BCUT2D eigenvalue weighted by Crippen LogP contribution is -2.41. The van der Waals surface area contributed by atoms with Crippen LogP contribution in [0.25, 0.3) is 10.2 Å². The number of amides is 2. The first-order valence-electron chi connectivity index (χ1n) is 8.94. The molecule has 2 aromatic rings. The maximum atomic E-state index is 12.6. The fraction of sp³-hybridized carbons (Fsp3) is 0.526. The molecule has 0 spiro atoms. The van der Waals surface area contributed by atoms with Crippen molar-refractivity contribution >= 4 is 38.5 Å². The quantitative estimate of drug-likeness (QED) is 0.901. The zero-order chi connectivity index (χ0) is 18.0. The number of anilines is 1. The number of nitrogens with one attached hydrogen (secondary N) is 1. The summed E-state index contributed by atoms with van der Waals surface area (Å²) in [5.74, 6) is 0.190. The van der Waals surface area contributed by atoms with E-state index < -0.39 is 0 Å². The normalized spacial score (nSPS) is 15.6. The summed E-state index contributed by atoms with van der Waals surface area (Å²) in [5, 5.41) is 3.65. The van der Waals surface area contributed by atoms with Gasteiger partial charge in [-0.25, -0.2) is 4.98 Å². The van der Waals surface area contributed by atoms with Gasteiger partial charge in [-0.05, 0) is 50.3 Å². The van der Waals surface area contributed by atoms with Crippen LogP contribution in [-0.4, -0.2) is 34.8 Å². The van der Waals surface area contributed by atoms with E-state index in [0.29, 0.717) is 24.6 Å². The van der Waals surface area contributed by atoms with Crippen LogP contribution in [0.4, 0.5) is 5.13 Å². The number of hydrogen-bond donors (Lipinski definition) is 1. The lowest BCUT2D eigenvalue weighted by molar-refractivity contribution is -0.134. The number of nitrogens with zero attached hydrogens (tertiary/aromatic N) is 2. The zero-order valence-corrected chi connectivity index (χ0v) is 15.9. The van der Waals surface area contributed by atoms with Crippen molar-refractivity contribution in [2.75, 3.05) is 18.4 Å². The Hall–Kier alpha value is -1.95. The standard InChI is InChI=1S/C19H25N3O2S/c1-4-5-16(23)22-8-6-14(7-9-22)18(24)21-19-20-17-13(3)10-12(2)11-15(17)25-19/h10-11,14H,4-9H2,1-3H3,(H,20,21,24). The SMILES string of the molecule is CCCC(=O)N1CCC(C(=O)Nc2nc3c(C)cc(C)cc3s2)CC1. The van der Waals surface area contributed by atoms with Gasteiger partial charge in [-0.3, -0.25) is 9.59 Å². The van der Waals surface area contributed by atoms with Gasteiger partial charge in [0.1, 0.15) is 0 Å². The monoisotopic (exact) mass is 359 g/mol. The number of carbonyl (C=O) groups excluding carboxylic acids is 2. The van der Waals surface area contributed by atoms with Crippen LogP contribution in [0.1, 0.15) is 43.7 Å². The molecule has 0 radical (unpaired) electrons. The Balaban J connectivity index is 1.62. The Morgan fingerprint density at radius 3 is 2.68 bits per heavy atom. The van der Waals surface area contributed by atoms with Crippen molar-refractivity contribution in [2.24, 2.45) is 5.92 Å². The second-order valence-electron chi connectivity index (χ2n) is 6.84. The molecule has 0 unspecified atom stereocenters. The van der Waals surface area contributed by atoms with Crippen molar-refractivity contribution in [3.8, 4) is 0 Å². The maximum absolute atomic E-state index is 12.6. The molecule has 1 N–H and O–H groups in total. The van der Waals surface area contributed by atoms with Crippen LogP contribution in [0.2, 0.25) is 0 Å². The van der Waals surface area contributed by atoms with Gasteiger partial charge in [-0.15, -0.1) is 0 Å². The molecule has 1 saturated heterocycles. The Bertz CT molecular complexity index is 791. The molecular weight excluding hydrogens is 334 g/mol. The Morgan fingerprint density at radius 1 is 1.28 bits per heavy atom. The molecule has 5 nitrogen and oxygen atoms in total. The lowest BCUT2D eigenvalue weighted by Gasteiger charge is -2.31. The van der Waals surface area contributed by atoms with E-state index in [9.17, 15) is 9.59 Å². The minimum absolute atomic E-state index is 0.0241. The molecular formula is C19H25N3O2S. The minimum Gasteiger partial charge on any atom is -0.343 e. The number of aromatic nitrogens is 1. The number of likely N-dealkylation sites (tertiary alicyclic amines) is 1. The van der Waals surface area contributed by atoms with Gasteiger partial charge in [0.25, 0.3) is 0 Å². The number of benzene rings is 1. The van der Waals surface area contributed by atoms with Gasteiger partial charge in [-0.2, -0.15) is 0 Å². The third kappa shape index (κ3) is 4.00. The van der Waals surface area contributed by atoms with Crippen LogP contribution >= 0.6 is 11.3 Å². The van der Waals surface area contributed by atoms with Crippen LogP contribution in [0.3, 0.4) is 0 Å². The molecule has 1 aliphatic rings. The number of carbonyl (C=O) groups is 2. The molecule has 0 saturated carbocycles. The fourth-order valence-electron chi connectivity index (χ4n) is 3.39. The molecule has 0 bridgehead atoms. The summed E-state index contributed by atoms with van der Waals surface area (Å²) >= 11 is 1.52. The van der Waals surface area contributed by atoms with Gasteiger partial charge in [0.2, 0.25) is 11.8 Å². The highest BCUT2D eigenvalue weighted by molar-refractivity contribution is 7.22. The molecule has 1 aromatic carbocycles. The molecule has 2 heterocycles. The van der Waals surface area contributed by atoms with E-state index in [0.717, 1.165) is 35.0 Å². The Kier molecular flexibility index (Phi) is 5.37. The predicted octanol–water partition coefficient (Wildman–Crippen LogP) is 3.89. The highest BCUT2D eigenvalue weighted by Crippen LogP contribution is 2.30. The number of aryl methyl sites for hydroxylation is 2. The van der Waals surface area contributed by atoms with Crippen molar-refractivity contribution in [1.82, 2.24) is 9.88 Å². The molecule has 25 heavy (non-hydrogen) atoms. The second-order valence-corrected chi connectivity index (χ2v) is 7.87. The van der Waals surface area contributed by atoms with E-state index in [4.69, 9.17) is 0 Å². The summed E-state index contributed by atoms with van der Waals surface area (Å²) in [6.45, 7) is 7.48. The number of hydrogen-bond acceptors (Lipinski definition) is 4. The smallest absolute Gasteiger partial charge is 0.229 e. The third-order valence-electron chi connectivity index (χ3n) is 4.74. The van der Waals surface area contributed by atoms with E-state index in [-0.39, 0.29) is 17.7 Å². The van der Waals surface area contributed by atoms with E-state index in [2.05, 4.69) is 29.4 Å². The van der Waals surface area contributed by atoms with Gasteiger partial charge < -0.3 is 10.2 Å². The van der Waals surface area contributed by atoms with Gasteiger partial charge in [0.15, 0.2) is 5.13 Å². The van der Waals surface area contributed by atoms with Crippen molar-refractivity contribution in [3.05, 3.63) is 23.3 Å². The molecule has 1 fully saturated rings. The molecule has 3 rings (SSSR count). The average Bonchev–Trinajstić information content (AvgIpc) is 2.98. The molecule has 1 aromatic heterocycles. The highest BCUT2D eigenvalue weighted by Gasteiger charge is 2.27. The van der Waals surface area contributed by atoms with Gasteiger partial charge in [0, 0.05) is 25.4 Å². The Labute approximate surface area is 152 Å². The van der Waals surface area contributed by atoms with E-state index >= 15 is 0 Å². The average molecular weight is 359 g/mol. The summed E-state index contributed by atoms with van der Waals surface area (Å²) in [6.07, 6.45) is 2.92. The van der Waals surface area contributed by atoms with Gasteiger partial charge in [-0.1, -0.05) is 24.3 Å². The van der Waals surface area contributed by atoms with Gasteiger partial charge in [0.05, 0.1) is 10.2 Å². The van der Waals surface area contributed by atoms with Crippen molar-refractivity contribution in [3.63, 3.8) is 0 Å². The van der Waals surface area contributed by atoms with Crippen molar-refractivity contribution in [2.45, 2.75) is 46.5 Å². The summed E-state index contributed by atoms with van der Waals surface area (Å²) in [5.41, 5.74) is 3.30. The molecule has 1 aliphatic heterocycles. The number of thiazole rings is 1. The molecule has 6 heteroatoms. The second kappa shape index (κ2) is 7.52. The largest absolute Gasteiger partial charge is 0.343 e. The Morgan fingerprint density at radius 2 is 2.00 bits per heavy atom. The molecule has 2 amide bonds. The van der Waals surface area contributed by atoms with E-state index in [1.807, 2.05) is 18.7 Å². The highest BCUT2D eigenvalue weighted by atomic mass is 32.1. The summed E-state index contributed by atoms with van der Waals surface area (Å²) in [4.78, 5) is 31.0. The summed E-state index contributed by atoms with van der Waals surface area (Å²) < 4.78 is 1.10. The number of rotatable bonds is 4. The third-order valence-corrected chi connectivity index (χ3v) is 5.66. The summed E-state index contributed by atoms with van der Waals surface area (Å²) in [6, 6.07) is 4.21. The number of fused-ring (bicyclic) bond motifs is 1. The van der Waals surface area contributed by atoms with Crippen molar-refractivity contribution < 1.29 is 9.59 Å². The van der Waals surface area contributed by atoms with Crippen LogP contribution in [0.15, 0.2) is 12.1 Å². The first kappa shape index (κ1) is 17.9.